The Bertz CT molecular complexity index is 927. The summed E-state index contributed by atoms with van der Waals surface area (Å²) >= 11 is 1.30. The van der Waals surface area contributed by atoms with Crippen molar-refractivity contribution in [3.05, 3.63) is 47.8 Å². The van der Waals surface area contributed by atoms with E-state index in [9.17, 15) is 17.6 Å². The standard InChI is InChI=1S/C22H25F4N3OS.2ClH/c23-17-3-4-18-21(15-17)31-20-5-2-16(22(24,25)26)14-19(20)29(18)7-1-6-27-8-10-28(11-9-27)12-13-30;;/h2-5,14-15,30H,1,6-13H2;2*1H. The third-order valence-corrected chi connectivity index (χ3v) is 6.86. The number of hydrogen-bond donors (Lipinski definition) is 1. The topological polar surface area (TPSA) is 30.0 Å². The number of rotatable bonds is 6. The van der Waals surface area contributed by atoms with E-state index < -0.39 is 11.7 Å². The quantitative estimate of drug-likeness (QED) is 0.515. The van der Waals surface area contributed by atoms with Crippen LogP contribution in [0.3, 0.4) is 0 Å². The average Bonchev–Trinajstić information content (AvgIpc) is 2.73. The Morgan fingerprint density at radius 1 is 0.818 bits per heavy atom. The Morgan fingerprint density at radius 3 is 2.12 bits per heavy atom. The second-order valence-corrected chi connectivity index (χ2v) is 8.89. The van der Waals surface area contributed by atoms with Gasteiger partial charge in [0, 0.05) is 49.1 Å². The number of nitrogens with zero attached hydrogens (tertiary/aromatic N) is 3. The highest BCUT2D eigenvalue weighted by atomic mass is 35.5. The minimum atomic E-state index is -4.41. The molecule has 2 aromatic rings. The SMILES string of the molecule is Cl.Cl.OCCN1CCN(CCCN2c3ccc(F)cc3Sc3ccc(C(F)(F)F)cc32)CC1. The molecule has 2 heterocycles. The van der Waals surface area contributed by atoms with Gasteiger partial charge in [0.25, 0.3) is 0 Å². The smallest absolute Gasteiger partial charge is 0.395 e. The van der Waals surface area contributed by atoms with Gasteiger partial charge in [-0.05, 0) is 49.4 Å². The van der Waals surface area contributed by atoms with E-state index in [2.05, 4.69) is 9.80 Å². The van der Waals surface area contributed by atoms with Gasteiger partial charge in [-0.1, -0.05) is 11.8 Å². The van der Waals surface area contributed by atoms with Crippen molar-refractivity contribution < 1.29 is 22.7 Å². The minimum Gasteiger partial charge on any atom is -0.395 e. The van der Waals surface area contributed by atoms with Gasteiger partial charge in [0.1, 0.15) is 5.82 Å². The van der Waals surface area contributed by atoms with Crippen LogP contribution in [0.1, 0.15) is 12.0 Å². The van der Waals surface area contributed by atoms with Crippen LogP contribution in [-0.2, 0) is 6.18 Å². The summed E-state index contributed by atoms with van der Waals surface area (Å²) < 4.78 is 53.7. The zero-order chi connectivity index (χ0) is 22.0. The van der Waals surface area contributed by atoms with Gasteiger partial charge in [-0.15, -0.1) is 24.8 Å². The van der Waals surface area contributed by atoms with Crippen LogP contribution in [0, 0.1) is 5.82 Å². The monoisotopic (exact) mass is 527 g/mol. The second-order valence-electron chi connectivity index (χ2n) is 7.81. The number of alkyl halides is 3. The molecule has 2 aromatic carbocycles. The number of fused-ring (bicyclic) bond motifs is 2. The fraction of sp³-hybridized carbons (Fsp3) is 0.455. The van der Waals surface area contributed by atoms with E-state index in [0.717, 1.165) is 50.9 Å². The molecule has 0 bridgehead atoms. The van der Waals surface area contributed by atoms with Crippen molar-refractivity contribution in [1.29, 1.82) is 0 Å². The molecule has 4 nitrogen and oxygen atoms in total. The lowest BCUT2D eigenvalue weighted by molar-refractivity contribution is -0.137. The first-order chi connectivity index (χ1) is 14.8. The van der Waals surface area contributed by atoms with Crippen LogP contribution in [-0.4, -0.2) is 67.3 Å². The van der Waals surface area contributed by atoms with Crippen LogP contribution in [0.25, 0.3) is 0 Å². The summed E-state index contributed by atoms with van der Waals surface area (Å²) in [6.45, 7) is 5.85. The van der Waals surface area contributed by atoms with Gasteiger partial charge in [-0.25, -0.2) is 4.39 Å². The third-order valence-electron chi connectivity index (χ3n) is 5.75. The Morgan fingerprint density at radius 2 is 1.48 bits per heavy atom. The molecule has 2 aliphatic heterocycles. The van der Waals surface area contributed by atoms with Crippen LogP contribution < -0.4 is 4.90 Å². The Labute approximate surface area is 207 Å². The molecule has 0 aromatic heterocycles. The number of piperazine rings is 1. The fourth-order valence-electron chi connectivity index (χ4n) is 4.10. The van der Waals surface area contributed by atoms with Crippen molar-refractivity contribution in [1.82, 2.24) is 9.80 Å². The van der Waals surface area contributed by atoms with E-state index in [1.54, 1.807) is 6.07 Å². The highest BCUT2D eigenvalue weighted by molar-refractivity contribution is 7.99. The number of hydrogen-bond acceptors (Lipinski definition) is 5. The molecule has 1 fully saturated rings. The molecule has 0 atom stereocenters. The second kappa shape index (κ2) is 12.0. The van der Waals surface area contributed by atoms with Crippen molar-refractivity contribution in [2.75, 3.05) is 57.3 Å². The van der Waals surface area contributed by atoms with Crippen molar-refractivity contribution in [2.24, 2.45) is 0 Å². The van der Waals surface area contributed by atoms with E-state index in [1.807, 2.05) is 4.90 Å². The summed E-state index contributed by atoms with van der Waals surface area (Å²) in [5.41, 5.74) is 0.583. The van der Waals surface area contributed by atoms with Gasteiger partial charge in [0.05, 0.1) is 23.5 Å². The van der Waals surface area contributed by atoms with Crippen molar-refractivity contribution in [3.8, 4) is 0 Å². The van der Waals surface area contributed by atoms with Crippen LogP contribution in [0.2, 0.25) is 0 Å². The minimum absolute atomic E-state index is 0. The highest BCUT2D eigenvalue weighted by Crippen LogP contribution is 2.49. The maximum Gasteiger partial charge on any atom is 0.416 e. The summed E-state index contributed by atoms with van der Waals surface area (Å²) in [6.07, 6.45) is -3.64. The van der Waals surface area contributed by atoms with E-state index in [0.29, 0.717) is 28.6 Å². The molecule has 184 valence electrons. The Kier molecular flexibility index (Phi) is 10.1. The summed E-state index contributed by atoms with van der Waals surface area (Å²) in [5, 5.41) is 9.06. The van der Waals surface area contributed by atoms with Gasteiger partial charge >= 0.3 is 6.18 Å². The molecule has 0 spiro atoms. The Balaban J connectivity index is 0.00000193. The fourth-order valence-corrected chi connectivity index (χ4v) is 5.20. The first kappa shape index (κ1) is 28.0. The molecule has 0 radical (unpaired) electrons. The maximum atomic E-state index is 13.8. The van der Waals surface area contributed by atoms with E-state index in [1.165, 1.54) is 36.0 Å². The zero-order valence-electron chi connectivity index (χ0n) is 17.9. The molecule has 4 rings (SSSR count). The van der Waals surface area contributed by atoms with Crippen molar-refractivity contribution >= 4 is 48.0 Å². The van der Waals surface area contributed by atoms with Crippen LogP contribution in [0.5, 0.6) is 0 Å². The molecule has 11 heteroatoms. The molecule has 0 aliphatic carbocycles. The Hall–Kier alpha value is -1.23. The van der Waals surface area contributed by atoms with E-state index in [4.69, 9.17) is 5.11 Å². The number of halogens is 6. The lowest BCUT2D eigenvalue weighted by Gasteiger charge is -2.36. The first-order valence-electron chi connectivity index (χ1n) is 10.4. The van der Waals surface area contributed by atoms with Gasteiger partial charge in [-0.3, -0.25) is 4.90 Å². The van der Waals surface area contributed by atoms with Gasteiger partial charge < -0.3 is 14.9 Å². The van der Waals surface area contributed by atoms with Crippen molar-refractivity contribution in [2.45, 2.75) is 22.4 Å². The van der Waals surface area contributed by atoms with Gasteiger partial charge in [-0.2, -0.15) is 13.2 Å². The normalized spacial score (nSPS) is 16.5. The lowest BCUT2D eigenvalue weighted by Crippen LogP contribution is -2.47. The van der Waals surface area contributed by atoms with Crippen LogP contribution in [0.4, 0.5) is 28.9 Å². The van der Waals surface area contributed by atoms with Gasteiger partial charge in [0.2, 0.25) is 0 Å². The molecule has 2 aliphatic rings. The third kappa shape index (κ3) is 6.68. The highest BCUT2D eigenvalue weighted by Gasteiger charge is 2.33. The number of anilines is 2. The molecule has 33 heavy (non-hydrogen) atoms. The zero-order valence-corrected chi connectivity index (χ0v) is 20.3. The summed E-state index contributed by atoms with van der Waals surface area (Å²) in [6, 6.07) is 8.19. The number of benzene rings is 2. The number of β-amino-alcohol motifs (C(OH)–C–C–N with tert-alkyl or cyclic N) is 1. The summed E-state index contributed by atoms with van der Waals surface area (Å²) in [5.74, 6) is -0.359. The van der Waals surface area contributed by atoms with E-state index in [-0.39, 0.29) is 37.2 Å². The predicted molar refractivity (Wildman–Crippen MR) is 128 cm³/mol. The van der Waals surface area contributed by atoms with E-state index >= 15 is 0 Å². The van der Waals surface area contributed by atoms with Crippen LogP contribution >= 0.6 is 36.6 Å². The molecule has 1 N–H and O–H groups in total. The molecular formula is C22H27Cl2F4N3OS. The number of aliphatic hydroxyl groups excluding tert-OH is 1. The molecule has 0 unspecified atom stereocenters. The molecule has 1 saturated heterocycles. The lowest BCUT2D eigenvalue weighted by atomic mass is 10.1. The average molecular weight is 528 g/mol. The summed E-state index contributed by atoms with van der Waals surface area (Å²) in [4.78, 5) is 7.86. The molecule has 0 amide bonds. The first-order valence-corrected chi connectivity index (χ1v) is 11.2. The van der Waals surface area contributed by atoms with Gasteiger partial charge in [0.15, 0.2) is 0 Å². The largest absolute Gasteiger partial charge is 0.416 e. The van der Waals surface area contributed by atoms with Crippen molar-refractivity contribution in [3.63, 3.8) is 0 Å². The molecule has 0 saturated carbocycles. The number of aliphatic hydroxyl groups is 1. The summed E-state index contributed by atoms with van der Waals surface area (Å²) in [7, 11) is 0. The maximum absolute atomic E-state index is 13.8. The molecular weight excluding hydrogens is 501 g/mol. The predicted octanol–water partition coefficient (Wildman–Crippen LogP) is 5.29. The van der Waals surface area contributed by atoms with Crippen LogP contribution in [0.15, 0.2) is 46.2 Å².